The summed E-state index contributed by atoms with van der Waals surface area (Å²) in [6.45, 7) is 0.537. The molecular formula is C21H15Cl2F9N2O4. The van der Waals surface area contributed by atoms with Crippen molar-refractivity contribution in [2.24, 2.45) is 0 Å². The van der Waals surface area contributed by atoms with Gasteiger partial charge in [-0.15, -0.1) is 0 Å². The zero-order valence-electron chi connectivity index (χ0n) is 18.6. The fourth-order valence-corrected chi connectivity index (χ4v) is 3.53. The molecule has 38 heavy (non-hydrogen) atoms. The molecule has 17 heteroatoms. The predicted octanol–water partition coefficient (Wildman–Crippen LogP) is 5.97. The number of nitrogens with one attached hydrogen (secondary N) is 2. The van der Waals surface area contributed by atoms with Crippen molar-refractivity contribution in [3.8, 4) is 0 Å². The minimum absolute atomic E-state index is 0.0793. The first kappa shape index (κ1) is 31.3. The zero-order valence-corrected chi connectivity index (χ0v) is 20.1. The highest BCUT2D eigenvalue weighted by Gasteiger charge is 2.72. The normalized spacial score (nSPS) is 14.4. The topological polar surface area (TPSA) is 87.7 Å². The number of aliphatic hydroxyl groups is 1. The summed E-state index contributed by atoms with van der Waals surface area (Å²) >= 11 is 11.3. The number of rotatable bonds is 7. The van der Waals surface area contributed by atoms with E-state index in [2.05, 4.69) is 4.74 Å². The lowest BCUT2D eigenvalue weighted by Crippen LogP contribution is -2.72. The number of carbonyl (C=O) groups excluding carboxylic acids is 2. The van der Waals surface area contributed by atoms with Crippen molar-refractivity contribution in [3.63, 3.8) is 0 Å². The summed E-state index contributed by atoms with van der Waals surface area (Å²) in [6, 6.07) is 3.71. The largest absolute Gasteiger partial charge is 0.463 e. The van der Waals surface area contributed by atoms with Crippen LogP contribution >= 0.6 is 23.2 Å². The fraction of sp³-hybridized carbons (Fsp3) is 0.333. The Labute approximate surface area is 217 Å². The number of esters is 1. The number of alkyl halides is 9. The number of ether oxygens (including phenoxy) is 1. The Morgan fingerprint density at radius 3 is 1.82 bits per heavy atom. The third-order valence-corrected chi connectivity index (χ3v) is 5.49. The molecule has 0 aliphatic heterocycles. The van der Waals surface area contributed by atoms with Crippen LogP contribution in [0.25, 0.3) is 0 Å². The van der Waals surface area contributed by atoms with Gasteiger partial charge in [-0.3, -0.25) is 4.79 Å². The molecule has 1 amide bonds. The van der Waals surface area contributed by atoms with Gasteiger partial charge >= 0.3 is 30.2 Å². The van der Waals surface area contributed by atoms with Gasteiger partial charge in [0, 0.05) is 16.3 Å². The first-order valence-electron chi connectivity index (χ1n) is 9.97. The molecule has 0 heterocycles. The number of benzene rings is 2. The van der Waals surface area contributed by atoms with Crippen molar-refractivity contribution in [2.75, 3.05) is 11.9 Å². The molecule has 0 fully saturated rings. The molecule has 0 radical (unpaired) electrons. The first-order chi connectivity index (χ1) is 17.2. The third-order valence-electron chi connectivity index (χ3n) is 4.94. The van der Waals surface area contributed by atoms with Crippen LogP contribution in [0.1, 0.15) is 22.8 Å². The van der Waals surface area contributed by atoms with E-state index in [1.807, 2.05) is 0 Å². The van der Waals surface area contributed by atoms with Crippen molar-refractivity contribution in [3.05, 3.63) is 63.6 Å². The number of anilines is 1. The molecule has 6 nitrogen and oxygen atoms in total. The standard InChI is InChI=1S/C21H15Cl2F9N2O4/c1-2-38-16(36)17(37,19(24,25)26)10-3-6-12(7-4-10)33-18(20(27,28)29,21(30,31)32)34-15(35)13-8-5-11(22)9-14(13)23/h3-9,33,37H,2H2,1H3,(H,34,35)/t17-/m0/s1. The molecular weight excluding hydrogens is 586 g/mol. The predicted molar refractivity (Wildman–Crippen MR) is 115 cm³/mol. The highest BCUT2D eigenvalue weighted by Crippen LogP contribution is 2.45. The Balaban J connectivity index is 2.58. The van der Waals surface area contributed by atoms with Gasteiger partial charge in [-0.05, 0) is 37.3 Å². The van der Waals surface area contributed by atoms with Gasteiger partial charge in [0.2, 0.25) is 0 Å². The van der Waals surface area contributed by atoms with Crippen LogP contribution in [0.4, 0.5) is 45.2 Å². The van der Waals surface area contributed by atoms with E-state index in [0.29, 0.717) is 12.1 Å². The molecule has 1 atom stereocenters. The molecule has 0 spiro atoms. The van der Waals surface area contributed by atoms with Crippen molar-refractivity contribution in [1.82, 2.24) is 5.32 Å². The quantitative estimate of drug-likeness (QED) is 0.207. The Bertz CT molecular complexity index is 1170. The maximum Gasteiger partial charge on any atom is 0.439 e. The van der Waals surface area contributed by atoms with Crippen LogP contribution in [0.15, 0.2) is 42.5 Å². The second-order valence-electron chi connectivity index (χ2n) is 7.45. The van der Waals surface area contributed by atoms with Gasteiger partial charge < -0.3 is 20.5 Å². The fourth-order valence-electron chi connectivity index (χ4n) is 3.03. The van der Waals surface area contributed by atoms with Crippen LogP contribution in [0.3, 0.4) is 0 Å². The summed E-state index contributed by atoms with van der Waals surface area (Å²) in [7, 11) is 0. The SMILES string of the molecule is CCOC(=O)[C@@](O)(c1ccc(NC(NC(=O)c2ccc(Cl)cc2Cl)(C(F)(F)F)C(F)(F)F)cc1)C(F)(F)F. The molecule has 0 aromatic heterocycles. The maximum absolute atomic E-state index is 13.9. The molecule has 0 unspecified atom stereocenters. The van der Waals surface area contributed by atoms with Crippen LogP contribution in [0, 0.1) is 0 Å². The van der Waals surface area contributed by atoms with Gasteiger partial charge in [-0.25, -0.2) is 4.79 Å². The van der Waals surface area contributed by atoms with Crippen molar-refractivity contribution >= 4 is 40.8 Å². The summed E-state index contributed by atoms with van der Waals surface area (Å²) in [4.78, 5) is 24.2. The average molecular weight is 601 g/mol. The molecule has 0 saturated heterocycles. The molecule has 2 aromatic rings. The molecule has 0 bridgehead atoms. The van der Waals surface area contributed by atoms with Crippen LogP contribution in [0.5, 0.6) is 0 Å². The number of amides is 1. The van der Waals surface area contributed by atoms with E-state index in [-0.39, 0.29) is 17.2 Å². The van der Waals surface area contributed by atoms with Crippen LogP contribution in [0.2, 0.25) is 10.0 Å². The van der Waals surface area contributed by atoms with E-state index in [1.54, 1.807) is 0 Å². The lowest BCUT2D eigenvalue weighted by atomic mass is 9.92. The number of carbonyl (C=O) groups is 2. The minimum Gasteiger partial charge on any atom is -0.463 e. The van der Waals surface area contributed by atoms with E-state index in [1.165, 1.54) is 0 Å². The minimum atomic E-state index is -6.28. The van der Waals surface area contributed by atoms with E-state index >= 15 is 0 Å². The Morgan fingerprint density at radius 1 is 0.868 bits per heavy atom. The molecule has 0 aliphatic carbocycles. The highest BCUT2D eigenvalue weighted by molar-refractivity contribution is 6.36. The van der Waals surface area contributed by atoms with Gasteiger partial charge in [0.25, 0.3) is 11.5 Å². The van der Waals surface area contributed by atoms with Gasteiger partial charge in [0.05, 0.1) is 17.2 Å². The zero-order chi connectivity index (χ0) is 29.3. The summed E-state index contributed by atoms with van der Waals surface area (Å²) in [6.07, 6.45) is -18.2. The lowest BCUT2D eigenvalue weighted by molar-refractivity contribution is -0.294. The smallest absolute Gasteiger partial charge is 0.439 e. The van der Waals surface area contributed by atoms with Crippen LogP contribution in [-0.4, -0.2) is 47.8 Å². The van der Waals surface area contributed by atoms with E-state index in [0.717, 1.165) is 35.8 Å². The highest BCUT2D eigenvalue weighted by atomic mass is 35.5. The summed E-state index contributed by atoms with van der Waals surface area (Å²) in [5, 5.41) is 11.2. The Hall–Kier alpha value is -2.91. The lowest BCUT2D eigenvalue weighted by Gasteiger charge is -2.39. The van der Waals surface area contributed by atoms with E-state index in [4.69, 9.17) is 23.2 Å². The Morgan fingerprint density at radius 2 is 1.39 bits per heavy atom. The van der Waals surface area contributed by atoms with E-state index < -0.39 is 70.1 Å². The summed E-state index contributed by atoms with van der Waals surface area (Å²) < 4.78 is 128. The second-order valence-corrected chi connectivity index (χ2v) is 8.30. The van der Waals surface area contributed by atoms with Crippen molar-refractivity contribution in [2.45, 2.75) is 36.7 Å². The molecule has 2 rings (SSSR count). The van der Waals surface area contributed by atoms with Gasteiger partial charge in [0.1, 0.15) is 0 Å². The van der Waals surface area contributed by atoms with Crippen molar-refractivity contribution < 1.29 is 58.9 Å². The van der Waals surface area contributed by atoms with Crippen molar-refractivity contribution in [1.29, 1.82) is 0 Å². The molecule has 210 valence electrons. The molecule has 0 aliphatic rings. The van der Waals surface area contributed by atoms with Crippen LogP contribution in [-0.2, 0) is 15.1 Å². The Kier molecular flexibility index (Phi) is 8.81. The molecule has 0 saturated carbocycles. The van der Waals surface area contributed by atoms with Crippen LogP contribution < -0.4 is 10.6 Å². The monoisotopic (exact) mass is 600 g/mol. The maximum atomic E-state index is 13.9. The number of hydrogen-bond donors (Lipinski definition) is 3. The molecule has 2 aromatic carbocycles. The van der Waals surface area contributed by atoms with Gasteiger partial charge in [-0.2, -0.15) is 39.5 Å². The number of halogens is 11. The first-order valence-corrected chi connectivity index (χ1v) is 10.7. The van der Waals surface area contributed by atoms with Gasteiger partial charge in [-0.1, -0.05) is 35.3 Å². The molecule has 3 N–H and O–H groups in total. The average Bonchev–Trinajstić information content (AvgIpc) is 2.76. The number of hydrogen-bond acceptors (Lipinski definition) is 5. The van der Waals surface area contributed by atoms with Gasteiger partial charge in [0.15, 0.2) is 0 Å². The van der Waals surface area contributed by atoms with E-state index in [9.17, 15) is 54.2 Å². The second kappa shape index (κ2) is 10.7. The summed E-state index contributed by atoms with van der Waals surface area (Å²) in [5.74, 6) is -4.11. The summed E-state index contributed by atoms with van der Waals surface area (Å²) in [5.41, 5.74) is -12.7. The third kappa shape index (κ3) is 5.89.